The van der Waals surface area contributed by atoms with Crippen LogP contribution in [0.5, 0.6) is 0 Å². The number of carbonyl (C=O) groups is 2. The van der Waals surface area contributed by atoms with Crippen molar-refractivity contribution in [3.05, 3.63) is 78.1 Å². The molecule has 0 bridgehead atoms. The Labute approximate surface area is 150 Å². The highest BCUT2D eigenvalue weighted by Crippen LogP contribution is 2.17. The second kappa shape index (κ2) is 8.11. The van der Waals surface area contributed by atoms with E-state index in [0.29, 0.717) is 5.69 Å². The smallest absolute Gasteiger partial charge is 0.408 e. The number of pyridine rings is 1. The van der Waals surface area contributed by atoms with Crippen LogP contribution in [-0.4, -0.2) is 28.2 Å². The number of aliphatic carboxylic acids is 1. The molecule has 0 unspecified atom stereocenters. The second-order valence-corrected chi connectivity index (χ2v) is 5.78. The fourth-order valence-corrected chi connectivity index (χ4v) is 2.65. The molecule has 1 atom stereocenters. The van der Waals surface area contributed by atoms with Crippen molar-refractivity contribution < 1.29 is 19.4 Å². The van der Waals surface area contributed by atoms with Crippen molar-refractivity contribution in [1.29, 1.82) is 0 Å². The van der Waals surface area contributed by atoms with E-state index in [1.165, 1.54) is 0 Å². The van der Waals surface area contributed by atoms with Crippen LogP contribution in [0.4, 0.5) is 4.79 Å². The lowest BCUT2D eigenvalue weighted by molar-refractivity contribution is -0.139. The van der Waals surface area contributed by atoms with Crippen LogP contribution in [0.25, 0.3) is 10.8 Å². The van der Waals surface area contributed by atoms with Crippen molar-refractivity contribution in [3.8, 4) is 0 Å². The number of fused-ring (bicyclic) bond motifs is 1. The molecule has 26 heavy (non-hydrogen) atoms. The van der Waals surface area contributed by atoms with Gasteiger partial charge in [-0.3, -0.25) is 4.98 Å². The average Bonchev–Trinajstić information content (AvgIpc) is 2.67. The number of nitrogens with zero attached hydrogens (tertiary/aromatic N) is 1. The molecule has 0 aliphatic carbocycles. The Morgan fingerprint density at radius 2 is 1.77 bits per heavy atom. The van der Waals surface area contributed by atoms with E-state index in [-0.39, 0.29) is 13.0 Å². The molecule has 0 saturated heterocycles. The summed E-state index contributed by atoms with van der Waals surface area (Å²) in [6.45, 7) is 0.0749. The number of rotatable bonds is 6. The third kappa shape index (κ3) is 4.36. The maximum atomic E-state index is 12.0. The van der Waals surface area contributed by atoms with E-state index in [4.69, 9.17) is 4.74 Å². The second-order valence-electron chi connectivity index (χ2n) is 5.78. The van der Waals surface area contributed by atoms with Crippen molar-refractivity contribution in [2.45, 2.75) is 19.1 Å². The predicted molar refractivity (Wildman–Crippen MR) is 96.6 cm³/mol. The highest BCUT2D eigenvalue weighted by atomic mass is 16.5. The average molecular weight is 350 g/mol. The van der Waals surface area contributed by atoms with Crippen LogP contribution in [0.2, 0.25) is 0 Å². The highest BCUT2D eigenvalue weighted by Gasteiger charge is 2.22. The molecule has 1 aromatic heterocycles. The van der Waals surface area contributed by atoms with Gasteiger partial charge in [0, 0.05) is 18.0 Å². The minimum absolute atomic E-state index is 0.0666. The highest BCUT2D eigenvalue weighted by molar-refractivity contribution is 5.86. The Morgan fingerprint density at radius 3 is 2.54 bits per heavy atom. The summed E-state index contributed by atoms with van der Waals surface area (Å²) in [7, 11) is 0. The van der Waals surface area contributed by atoms with E-state index in [2.05, 4.69) is 10.3 Å². The summed E-state index contributed by atoms with van der Waals surface area (Å²) >= 11 is 0. The maximum Gasteiger partial charge on any atom is 0.408 e. The lowest BCUT2D eigenvalue weighted by Crippen LogP contribution is -2.42. The number of alkyl carbamates (subject to hydrolysis) is 1. The van der Waals surface area contributed by atoms with E-state index >= 15 is 0 Å². The molecule has 0 saturated carbocycles. The van der Waals surface area contributed by atoms with Gasteiger partial charge in [-0.1, -0.05) is 54.6 Å². The zero-order valence-corrected chi connectivity index (χ0v) is 14.0. The number of hydrogen-bond acceptors (Lipinski definition) is 4. The number of aromatic nitrogens is 1. The summed E-state index contributed by atoms with van der Waals surface area (Å²) in [6.07, 6.45) is 0.919. The topological polar surface area (TPSA) is 88.5 Å². The molecule has 6 nitrogen and oxygen atoms in total. The molecule has 2 aromatic carbocycles. The van der Waals surface area contributed by atoms with Crippen LogP contribution < -0.4 is 5.32 Å². The fraction of sp³-hybridized carbons (Fsp3) is 0.150. The lowest BCUT2D eigenvalue weighted by atomic mass is 10.0. The first-order valence-corrected chi connectivity index (χ1v) is 8.16. The summed E-state index contributed by atoms with van der Waals surface area (Å²) in [5.74, 6) is -1.14. The molecule has 0 fully saturated rings. The third-order valence-corrected chi connectivity index (χ3v) is 3.96. The molecule has 2 N–H and O–H groups in total. The van der Waals surface area contributed by atoms with Crippen LogP contribution >= 0.6 is 0 Å². The summed E-state index contributed by atoms with van der Waals surface area (Å²) < 4.78 is 5.10. The molecule has 0 spiro atoms. The lowest BCUT2D eigenvalue weighted by Gasteiger charge is -2.15. The van der Waals surface area contributed by atoms with Crippen LogP contribution in [0.15, 0.2) is 66.9 Å². The van der Waals surface area contributed by atoms with Gasteiger partial charge in [-0.25, -0.2) is 9.59 Å². The molecule has 1 amide bonds. The quantitative estimate of drug-likeness (QED) is 0.713. The Bertz CT molecular complexity index is 907. The van der Waals surface area contributed by atoms with Gasteiger partial charge in [0.05, 0.1) is 5.69 Å². The van der Waals surface area contributed by atoms with Gasteiger partial charge >= 0.3 is 12.1 Å². The standard InChI is InChI=1S/C20H18N2O4/c23-19(24)18(22-20(25)26-13-14-6-2-1-3-7-14)12-17-16-9-5-4-8-15(16)10-11-21-17/h1-11,18H,12-13H2,(H,22,25)(H,23,24)/t18-/m1/s1. The Balaban J connectivity index is 1.67. The van der Waals surface area contributed by atoms with Crippen molar-refractivity contribution in [3.63, 3.8) is 0 Å². The largest absolute Gasteiger partial charge is 0.480 e. The number of amides is 1. The summed E-state index contributed by atoms with van der Waals surface area (Å²) in [5.41, 5.74) is 1.43. The van der Waals surface area contributed by atoms with Gasteiger partial charge in [0.15, 0.2) is 0 Å². The summed E-state index contributed by atoms with van der Waals surface area (Å²) in [6, 6.07) is 17.5. The van der Waals surface area contributed by atoms with E-state index < -0.39 is 18.1 Å². The zero-order chi connectivity index (χ0) is 18.4. The first kappa shape index (κ1) is 17.4. The number of hydrogen-bond donors (Lipinski definition) is 2. The van der Waals surface area contributed by atoms with E-state index in [9.17, 15) is 14.7 Å². The first-order valence-electron chi connectivity index (χ1n) is 8.16. The van der Waals surface area contributed by atoms with E-state index in [1.54, 1.807) is 6.20 Å². The maximum absolute atomic E-state index is 12.0. The van der Waals surface area contributed by atoms with Gasteiger partial charge in [0.2, 0.25) is 0 Å². The molecule has 6 heteroatoms. The monoisotopic (exact) mass is 350 g/mol. The zero-order valence-electron chi connectivity index (χ0n) is 14.0. The normalized spacial score (nSPS) is 11.7. The van der Waals surface area contributed by atoms with Crippen LogP contribution in [0.1, 0.15) is 11.3 Å². The van der Waals surface area contributed by atoms with E-state index in [0.717, 1.165) is 16.3 Å². The van der Waals surface area contributed by atoms with Crippen molar-refractivity contribution in [1.82, 2.24) is 10.3 Å². The number of carboxylic acid groups (broad SMARTS) is 1. The van der Waals surface area contributed by atoms with Crippen molar-refractivity contribution >= 4 is 22.8 Å². The molecule has 132 valence electrons. The molecular weight excluding hydrogens is 332 g/mol. The Hall–Kier alpha value is -3.41. The van der Waals surface area contributed by atoms with Gasteiger partial charge in [-0.15, -0.1) is 0 Å². The van der Waals surface area contributed by atoms with E-state index in [1.807, 2.05) is 60.7 Å². The minimum atomic E-state index is -1.14. The fourth-order valence-electron chi connectivity index (χ4n) is 2.65. The number of carboxylic acids is 1. The van der Waals surface area contributed by atoms with Crippen molar-refractivity contribution in [2.75, 3.05) is 0 Å². The van der Waals surface area contributed by atoms with Crippen molar-refractivity contribution in [2.24, 2.45) is 0 Å². The molecule has 1 heterocycles. The van der Waals surface area contributed by atoms with Gasteiger partial charge in [-0.05, 0) is 17.0 Å². The number of ether oxygens (including phenoxy) is 1. The number of nitrogens with one attached hydrogen (secondary N) is 1. The molecule has 3 rings (SSSR count). The number of carbonyl (C=O) groups excluding carboxylic acids is 1. The van der Waals surface area contributed by atoms with Crippen LogP contribution in [0.3, 0.4) is 0 Å². The summed E-state index contributed by atoms with van der Waals surface area (Å²) in [5, 5.41) is 13.7. The minimum Gasteiger partial charge on any atom is -0.480 e. The van der Waals surface area contributed by atoms with Crippen LogP contribution in [-0.2, 0) is 22.6 Å². The van der Waals surface area contributed by atoms with Gasteiger partial charge in [0.25, 0.3) is 0 Å². The van der Waals surface area contributed by atoms with Crippen LogP contribution in [0, 0.1) is 0 Å². The summed E-state index contributed by atoms with van der Waals surface area (Å²) in [4.78, 5) is 27.8. The Kier molecular flexibility index (Phi) is 5.43. The molecule has 3 aromatic rings. The van der Waals surface area contributed by atoms with Gasteiger partial charge in [0.1, 0.15) is 12.6 Å². The predicted octanol–water partition coefficient (Wildman–Crippen LogP) is 3.16. The first-order chi connectivity index (χ1) is 12.6. The molecular formula is C20H18N2O4. The van der Waals surface area contributed by atoms with Gasteiger partial charge < -0.3 is 15.2 Å². The molecule has 0 aliphatic rings. The molecule has 0 radical (unpaired) electrons. The SMILES string of the molecule is O=C(N[C@H](Cc1nccc2ccccc12)C(=O)O)OCc1ccccc1. The Morgan fingerprint density at radius 1 is 1.04 bits per heavy atom. The van der Waals surface area contributed by atoms with Gasteiger partial charge in [-0.2, -0.15) is 0 Å². The third-order valence-electron chi connectivity index (χ3n) is 3.96. The number of benzene rings is 2. The molecule has 0 aliphatic heterocycles.